The molecule has 1 heterocycles. The Kier molecular flexibility index (Phi) is 3.40. The highest BCUT2D eigenvalue weighted by atomic mass is 32.1. The molecule has 1 aliphatic rings. The quantitative estimate of drug-likeness (QED) is 0.451. The van der Waals surface area contributed by atoms with Crippen LogP contribution in [0.2, 0.25) is 0 Å². The van der Waals surface area contributed by atoms with E-state index in [1.165, 1.54) is 12.8 Å². The first-order chi connectivity index (χ1) is 4.43. The standard InChI is InChI=1S/C6H13NOS/c9-5-7-4-6-2-1-3-8-6/h6-7,9H,1-5H2. The Labute approximate surface area is 61.4 Å². The summed E-state index contributed by atoms with van der Waals surface area (Å²) in [7, 11) is 0. The maximum atomic E-state index is 5.36. The highest BCUT2D eigenvalue weighted by Gasteiger charge is 2.13. The fourth-order valence-electron chi connectivity index (χ4n) is 1.03. The van der Waals surface area contributed by atoms with Gasteiger partial charge >= 0.3 is 0 Å². The van der Waals surface area contributed by atoms with Gasteiger partial charge in [-0.2, -0.15) is 12.6 Å². The summed E-state index contributed by atoms with van der Waals surface area (Å²) in [6, 6.07) is 0. The predicted molar refractivity (Wildman–Crippen MR) is 40.8 cm³/mol. The van der Waals surface area contributed by atoms with Crippen molar-refractivity contribution in [3.63, 3.8) is 0 Å². The number of nitrogens with one attached hydrogen (secondary N) is 1. The van der Waals surface area contributed by atoms with Crippen molar-refractivity contribution in [1.82, 2.24) is 5.32 Å². The highest BCUT2D eigenvalue weighted by Crippen LogP contribution is 2.10. The second kappa shape index (κ2) is 4.14. The first-order valence-electron chi connectivity index (χ1n) is 3.36. The van der Waals surface area contributed by atoms with Crippen molar-refractivity contribution in [3.8, 4) is 0 Å². The van der Waals surface area contributed by atoms with Gasteiger partial charge < -0.3 is 10.1 Å². The Morgan fingerprint density at radius 3 is 3.11 bits per heavy atom. The molecule has 0 bridgehead atoms. The van der Waals surface area contributed by atoms with Crippen LogP contribution in [0.25, 0.3) is 0 Å². The average Bonchev–Trinajstić information content (AvgIpc) is 2.34. The Bertz CT molecular complexity index is 73.5. The lowest BCUT2D eigenvalue weighted by Crippen LogP contribution is -2.24. The van der Waals surface area contributed by atoms with E-state index in [2.05, 4.69) is 17.9 Å². The van der Waals surface area contributed by atoms with Crippen molar-refractivity contribution in [3.05, 3.63) is 0 Å². The fourth-order valence-corrected chi connectivity index (χ4v) is 1.16. The minimum Gasteiger partial charge on any atom is -0.377 e. The molecule has 1 rings (SSSR count). The third-order valence-electron chi connectivity index (χ3n) is 1.51. The molecule has 0 radical (unpaired) electrons. The zero-order valence-electron chi connectivity index (χ0n) is 5.47. The van der Waals surface area contributed by atoms with Crippen LogP contribution in [-0.2, 0) is 4.74 Å². The largest absolute Gasteiger partial charge is 0.377 e. The van der Waals surface area contributed by atoms with E-state index in [0.29, 0.717) is 6.10 Å². The van der Waals surface area contributed by atoms with E-state index < -0.39 is 0 Å². The second-order valence-electron chi connectivity index (χ2n) is 2.25. The van der Waals surface area contributed by atoms with Crippen LogP contribution in [-0.4, -0.2) is 25.1 Å². The Morgan fingerprint density at radius 1 is 1.67 bits per heavy atom. The van der Waals surface area contributed by atoms with Gasteiger partial charge in [0.15, 0.2) is 0 Å². The lowest BCUT2D eigenvalue weighted by Gasteiger charge is -2.07. The van der Waals surface area contributed by atoms with Crippen molar-refractivity contribution in [2.45, 2.75) is 18.9 Å². The minimum absolute atomic E-state index is 0.456. The van der Waals surface area contributed by atoms with Crippen LogP contribution < -0.4 is 5.32 Å². The molecule has 3 heteroatoms. The van der Waals surface area contributed by atoms with Gasteiger partial charge in [-0.15, -0.1) is 0 Å². The fraction of sp³-hybridized carbons (Fsp3) is 1.00. The molecule has 1 fully saturated rings. The van der Waals surface area contributed by atoms with E-state index in [4.69, 9.17) is 4.74 Å². The maximum Gasteiger partial charge on any atom is 0.0700 e. The van der Waals surface area contributed by atoms with E-state index in [0.717, 1.165) is 19.0 Å². The van der Waals surface area contributed by atoms with Crippen LogP contribution in [0.5, 0.6) is 0 Å². The molecule has 0 aromatic rings. The van der Waals surface area contributed by atoms with E-state index >= 15 is 0 Å². The summed E-state index contributed by atoms with van der Waals surface area (Å²) in [5.41, 5.74) is 0. The first kappa shape index (κ1) is 7.38. The van der Waals surface area contributed by atoms with Crippen molar-refractivity contribution in [1.29, 1.82) is 0 Å². The summed E-state index contributed by atoms with van der Waals surface area (Å²) >= 11 is 4.03. The van der Waals surface area contributed by atoms with Crippen molar-refractivity contribution < 1.29 is 4.74 Å². The number of rotatable bonds is 3. The normalized spacial score (nSPS) is 27.0. The predicted octanol–water partition coefficient (Wildman–Crippen LogP) is 0.642. The van der Waals surface area contributed by atoms with Crippen molar-refractivity contribution >= 4 is 12.6 Å². The molecule has 0 aliphatic carbocycles. The molecule has 1 aliphatic heterocycles. The molecule has 1 N–H and O–H groups in total. The van der Waals surface area contributed by atoms with Crippen LogP contribution in [0.15, 0.2) is 0 Å². The van der Waals surface area contributed by atoms with Crippen LogP contribution in [0.3, 0.4) is 0 Å². The SMILES string of the molecule is SCNCC1CCCO1. The molecule has 0 aromatic heterocycles. The van der Waals surface area contributed by atoms with Gasteiger partial charge in [-0.25, -0.2) is 0 Å². The number of hydrogen-bond acceptors (Lipinski definition) is 3. The van der Waals surface area contributed by atoms with Crippen LogP contribution in [0.4, 0.5) is 0 Å². The zero-order chi connectivity index (χ0) is 6.53. The minimum atomic E-state index is 0.456. The summed E-state index contributed by atoms with van der Waals surface area (Å²) in [6.45, 7) is 1.91. The molecule has 0 spiro atoms. The van der Waals surface area contributed by atoms with E-state index in [-0.39, 0.29) is 0 Å². The first-order valence-corrected chi connectivity index (χ1v) is 4.00. The molecule has 9 heavy (non-hydrogen) atoms. The second-order valence-corrected chi connectivity index (χ2v) is 2.56. The van der Waals surface area contributed by atoms with Gasteiger partial charge in [0.2, 0.25) is 0 Å². The molecule has 1 saturated heterocycles. The molecular weight excluding hydrogens is 134 g/mol. The van der Waals surface area contributed by atoms with Gasteiger partial charge in [0.25, 0.3) is 0 Å². The van der Waals surface area contributed by atoms with Gasteiger partial charge in [0, 0.05) is 19.0 Å². The Balaban J connectivity index is 1.98. The molecule has 0 aromatic carbocycles. The molecule has 1 unspecified atom stereocenters. The van der Waals surface area contributed by atoms with Crippen LogP contribution in [0, 0.1) is 0 Å². The third-order valence-corrected chi connectivity index (χ3v) is 1.73. The molecule has 54 valence electrons. The summed E-state index contributed by atoms with van der Waals surface area (Å²) < 4.78 is 5.36. The van der Waals surface area contributed by atoms with Gasteiger partial charge in [-0.1, -0.05) is 0 Å². The monoisotopic (exact) mass is 147 g/mol. The lowest BCUT2D eigenvalue weighted by atomic mass is 10.2. The van der Waals surface area contributed by atoms with Crippen molar-refractivity contribution in [2.75, 3.05) is 19.0 Å². The van der Waals surface area contributed by atoms with Crippen LogP contribution >= 0.6 is 12.6 Å². The van der Waals surface area contributed by atoms with Gasteiger partial charge in [0.1, 0.15) is 0 Å². The summed E-state index contributed by atoms with van der Waals surface area (Å²) in [5, 5.41) is 3.13. The topological polar surface area (TPSA) is 21.3 Å². The number of thiol groups is 1. The van der Waals surface area contributed by atoms with Crippen molar-refractivity contribution in [2.24, 2.45) is 0 Å². The molecule has 0 saturated carbocycles. The van der Waals surface area contributed by atoms with Crippen LogP contribution in [0.1, 0.15) is 12.8 Å². The third kappa shape index (κ3) is 2.56. The van der Waals surface area contributed by atoms with Gasteiger partial charge in [-0.3, -0.25) is 0 Å². The van der Waals surface area contributed by atoms with Gasteiger partial charge in [-0.05, 0) is 12.8 Å². The summed E-state index contributed by atoms with van der Waals surface area (Å²) in [5.74, 6) is 0.750. The molecule has 2 nitrogen and oxygen atoms in total. The van der Waals surface area contributed by atoms with E-state index in [1.54, 1.807) is 0 Å². The van der Waals surface area contributed by atoms with E-state index in [9.17, 15) is 0 Å². The number of ether oxygens (including phenoxy) is 1. The smallest absolute Gasteiger partial charge is 0.0700 e. The average molecular weight is 147 g/mol. The molecular formula is C6H13NOS. The Morgan fingerprint density at radius 2 is 2.56 bits per heavy atom. The van der Waals surface area contributed by atoms with Gasteiger partial charge in [0.05, 0.1) is 6.10 Å². The summed E-state index contributed by atoms with van der Waals surface area (Å²) in [4.78, 5) is 0. The summed E-state index contributed by atoms with van der Waals surface area (Å²) in [6.07, 6.45) is 2.89. The molecule has 1 atom stereocenters. The highest BCUT2D eigenvalue weighted by molar-refractivity contribution is 7.80. The maximum absolute atomic E-state index is 5.36. The Hall–Kier alpha value is 0.270. The zero-order valence-corrected chi connectivity index (χ0v) is 6.36. The molecule has 0 amide bonds. The number of hydrogen-bond donors (Lipinski definition) is 2. The van der Waals surface area contributed by atoms with E-state index in [1.807, 2.05) is 0 Å². The lowest BCUT2D eigenvalue weighted by molar-refractivity contribution is 0.111.